The van der Waals surface area contributed by atoms with Crippen LogP contribution in [0.5, 0.6) is 0 Å². The van der Waals surface area contributed by atoms with Gasteiger partial charge in [-0.1, -0.05) is 17.7 Å². The fraction of sp³-hybridized carbons (Fsp3) is 0.400. The minimum absolute atomic E-state index is 0.150. The molecule has 0 bridgehead atoms. The molecule has 0 radical (unpaired) electrons. The predicted molar refractivity (Wildman–Crippen MR) is 62.4 cm³/mol. The van der Waals surface area contributed by atoms with E-state index in [9.17, 15) is 17.2 Å². The van der Waals surface area contributed by atoms with Crippen molar-refractivity contribution in [3.63, 3.8) is 0 Å². The molecule has 1 N–H and O–H groups in total. The Morgan fingerprint density at radius 2 is 2.00 bits per heavy atom. The highest BCUT2D eigenvalue weighted by molar-refractivity contribution is 7.90. The molecule has 0 aliphatic carbocycles. The van der Waals surface area contributed by atoms with Gasteiger partial charge >= 0.3 is 0 Å². The number of hydrogen-bond donors (Lipinski definition) is 1. The van der Waals surface area contributed by atoms with E-state index in [1.807, 2.05) is 0 Å². The molecular formula is C10H12ClF2NO2S. The fourth-order valence-corrected chi connectivity index (χ4v) is 2.68. The molecule has 0 aliphatic heterocycles. The standard InChI is InChI=1S/C10H12ClF2NO2S/c1-14-6-10(12,13)7-3-4-9(8(11)5-7)17(2,15)16/h3-5,14H,6H2,1-2H3. The van der Waals surface area contributed by atoms with Gasteiger partial charge in [-0.05, 0) is 19.2 Å². The van der Waals surface area contributed by atoms with E-state index in [1.165, 1.54) is 7.05 Å². The summed E-state index contributed by atoms with van der Waals surface area (Å²) in [4.78, 5) is -0.150. The van der Waals surface area contributed by atoms with Crippen LogP contribution in [-0.2, 0) is 15.8 Å². The molecule has 0 amide bonds. The van der Waals surface area contributed by atoms with Gasteiger partial charge in [-0.2, -0.15) is 8.78 Å². The summed E-state index contributed by atoms with van der Waals surface area (Å²) in [6.07, 6.45) is 0.972. The molecule has 0 unspecified atom stereocenters. The Hall–Kier alpha value is -0.720. The monoisotopic (exact) mass is 283 g/mol. The lowest BCUT2D eigenvalue weighted by molar-refractivity contribution is -0.00130. The van der Waals surface area contributed by atoms with Gasteiger partial charge in [-0.15, -0.1) is 0 Å². The van der Waals surface area contributed by atoms with Gasteiger partial charge in [0.05, 0.1) is 16.5 Å². The number of halogens is 3. The van der Waals surface area contributed by atoms with E-state index in [2.05, 4.69) is 5.32 Å². The minimum Gasteiger partial charge on any atom is -0.314 e. The van der Waals surface area contributed by atoms with Crippen molar-refractivity contribution in [1.82, 2.24) is 5.32 Å². The summed E-state index contributed by atoms with van der Waals surface area (Å²) in [5.41, 5.74) is -0.316. The zero-order valence-electron chi connectivity index (χ0n) is 9.30. The van der Waals surface area contributed by atoms with Crippen LogP contribution in [0.15, 0.2) is 23.1 Å². The van der Waals surface area contributed by atoms with Gasteiger partial charge in [0, 0.05) is 11.8 Å². The first kappa shape index (κ1) is 14.3. The molecule has 0 atom stereocenters. The summed E-state index contributed by atoms with van der Waals surface area (Å²) in [6.45, 7) is -0.540. The third-order valence-electron chi connectivity index (χ3n) is 2.15. The Bertz CT molecular complexity index is 517. The van der Waals surface area contributed by atoms with E-state index >= 15 is 0 Å². The van der Waals surface area contributed by atoms with Gasteiger partial charge in [0.25, 0.3) is 5.92 Å². The van der Waals surface area contributed by atoms with Gasteiger partial charge in [0.1, 0.15) is 0 Å². The summed E-state index contributed by atoms with van der Waals surface area (Å²) < 4.78 is 49.5. The lowest BCUT2D eigenvalue weighted by Crippen LogP contribution is -2.28. The Balaban J connectivity index is 3.22. The molecule has 0 heterocycles. The van der Waals surface area contributed by atoms with Crippen LogP contribution in [-0.4, -0.2) is 28.3 Å². The zero-order valence-corrected chi connectivity index (χ0v) is 10.9. The van der Waals surface area contributed by atoms with Gasteiger partial charge in [0.15, 0.2) is 9.84 Å². The Kier molecular flexibility index (Phi) is 4.11. The maximum atomic E-state index is 13.5. The molecule has 96 valence electrons. The molecule has 1 aromatic carbocycles. The second kappa shape index (κ2) is 4.88. The summed E-state index contributed by atoms with van der Waals surface area (Å²) in [6, 6.07) is 3.14. The van der Waals surface area contributed by atoms with Crippen LogP contribution < -0.4 is 5.32 Å². The average Bonchev–Trinajstić information content (AvgIpc) is 2.15. The highest BCUT2D eigenvalue weighted by atomic mass is 35.5. The molecule has 0 spiro atoms. The minimum atomic E-state index is -3.50. The molecule has 1 aromatic rings. The summed E-state index contributed by atoms with van der Waals surface area (Å²) >= 11 is 5.69. The van der Waals surface area contributed by atoms with E-state index in [0.29, 0.717) is 0 Å². The lowest BCUT2D eigenvalue weighted by atomic mass is 10.1. The number of alkyl halides is 2. The smallest absolute Gasteiger partial charge is 0.285 e. The molecule has 7 heteroatoms. The first-order valence-electron chi connectivity index (χ1n) is 4.71. The number of sulfone groups is 1. The average molecular weight is 284 g/mol. The van der Waals surface area contributed by atoms with Crippen LogP contribution in [0.4, 0.5) is 8.78 Å². The number of likely N-dealkylation sites (N-methyl/N-ethyl adjacent to an activating group) is 1. The van der Waals surface area contributed by atoms with E-state index in [1.54, 1.807) is 0 Å². The van der Waals surface area contributed by atoms with Gasteiger partial charge in [0.2, 0.25) is 0 Å². The highest BCUT2D eigenvalue weighted by Crippen LogP contribution is 2.31. The Labute approximate surface area is 104 Å². The number of hydrogen-bond acceptors (Lipinski definition) is 3. The molecule has 17 heavy (non-hydrogen) atoms. The molecule has 0 aliphatic rings. The Morgan fingerprint density at radius 1 is 1.41 bits per heavy atom. The predicted octanol–water partition coefficient (Wildman–Crippen LogP) is 2.05. The molecule has 0 aromatic heterocycles. The molecule has 3 nitrogen and oxygen atoms in total. The SMILES string of the molecule is CNCC(F)(F)c1ccc(S(C)(=O)=O)c(Cl)c1. The van der Waals surface area contributed by atoms with Crippen LogP contribution in [0.25, 0.3) is 0 Å². The molecule has 0 saturated heterocycles. The second-order valence-corrected chi connectivity index (χ2v) is 6.04. The third kappa shape index (κ3) is 3.37. The fourth-order valence-electron chi connectivity index (χ4n) is 1.35. The molecule has 0 fully saturated rings. The van der Waals surface area contributed by atoms with Crippen LogP contribution in [0.1, 0.15) is 5.56 Å². The molecule has 0 saturated carbocycles. The lowest BCUT2D eigenvalue weighted by Gasteiger charge is -2.17. The van der Waals surface area contributed by atoms with Crippen molar-refractivity contribution in [2.75, 3.05) is 19.8 Å². The highest BCUT2D eigenvalue weighted by Gasteiger charge is 2.31. The number of nitrogens with one attached hydrogen (secondary N) is 1. The molecule has 1 rings (SSSR count). The topological polar surface area (TPSA) is 46.2 Å². The first-order chi connectivity index (χ1) is 7.68. The Morgan fingerprint density at radius 3 is 2.41 bits per heavy atom. The summed E-state index contributed by atoms with van der Waals surface area (Å²) in [7, 11) is -2.10. The van der Waals surface area contributed by atoms with Crippen molar-refractivity contribution in [1.29, 1.82) is 0 Å². The normalized spacial score (nSPS) is 12.8. The van der Waals surface area contributed by atoms with E-state index in [0.717, 1.165) is 24.5 Å². The van der Waals surface area contributed by atoms with Crippen LogP contribution in [0, 0.1) is 0 Å². The van der Waals surface area contributed by atoms with E-state index in [-0.39, 0.29) is 15.5 Å². The van der Waals surface area contributed by atoms with Crippen molar-refractivity contribution >= 4 is 21.4 Å². The van der Waals surface area contributed by atoms with Crippen LogP contribution >= 0.6 is 11.6 Å². The maximum absolute atomic E-state index is 13.5. The van der Waals surface area contributed by atoms with Crippen LogP contribution in [0.3, 0.4) is 0 Å². The van der Waals surface area contributed by atoms with Crippen molar-refractivity contribution in [3.8, 4) is 0 Å². The van der Waals surface area contributed by atoms with Gasteiger partial charge < -0.3 is 5.32 Å². The van der Waals surface area contributed by atoms with E-state index < -0.39 is 22.3 Å². The first-order valence-corrected chi connectivity index (χ1v) is 6.98. The van der Waals surface area contributed by atoms with Crippen molar-refractivity contribution in [2.24, 2.45) is 0 Å². The largest absolute Gasteiger partial charge is 0.314 e. The van der Waals surface area contributed by atoms with Crippen molar-refractivity contribution < 1.29 is 17.2 Å². The molecular weight excluding hydrogens is 272 g/mol. The quantitative estimate of drug-likeness (QED) is 0.920. The van der Waals surface area contributed by atoms with Gasteiger partial charge in [-0.25, -0.2) is 8.42 Å². The van der Waals surface area contributed by atoms with Gasteiger partial charge in [-0.3, -0.25) is 0 Å². The van der Waals surface area contributed by atoms with Crippen LogP contribution in [0.2, 0.25) is 5.02 Å². The third-order valence-corrected chi connectivity index (χ3v) is 3.73. The van der Waals surface area contributed by atoms with Crippen molar-refractivity contribution in [2.45, 2.75) is 10.8 Å². The number of rotatable bonds is 4. The summed E-state index contributed by atoms with van der Waals surface area (Å²) in [5, 5.41) is 2.17. The second-order valence-electron chi connectivity index (χ2n) is 3.65. The van der Waals surface area contributed by atoms with E-state index in [4.69, 9.17) is 11.6 Å². The summed E-state index contributed by atoms with van der Waals surface area (Å²) in [5.74, 6) is -3.09. The van der Waals surface area contributed by atoms with Crippen molar-refractivity contribution in [3.05, 3.63) is 28.8 Å². The number of benzene rings is 1. The maximum Gasteiger partial charge on any atom is 0.285 e. The zero-order chi connectivity index (χ0) is 13.3.